The molecule has 1 aliphatic rings. The number of rotatable bonds is 7. The van der Waals surface area contributed by atoms with Crippen LogP contribution in [0.3, 0.4) is 0 Å². The van der Waals surface area contributed by atoms with Gasteiger partial charge in [-0.2, -0.15) is 0 Å². The van der Waals surface area contributed by atoms with Gasteiger partial charge in [-0.05, 0) is 42.3 Å². The van der Waals surface area contributed by atoms with Gasteiger partial charge < -0.3 is 10.1 Å². The molecule has 3 rings (SSSR count). The molecule has 0 aliphatic heterocycles. The van der Waals surface area contributed by atoms with E-state index in [2.05, 4.69) is 23.4 Å². The Bertz CT molecular complexity index is 868. The summed E-state index contributed by atoms with van der Waals surface area (Å²) in [4.78, 5) is 26.6. The first kappa shape index (κ1) is 19.2. The van der Waals surface area contributed by atoms with Crippen molar-refractivity contribution < 1.29 is 14.3 Å². The zero-order chi connectivity index (χ0) is 19.2. The molecule has 1 N–H and O–H groups in total. The Hall–Kier alpha value is -2.62. The predicted molar refractivity (Wildman–Crippen MR) is 107 cm³/mol. The van der Waals surface area contributed by atoms with Crippen LogP contribution in [0.2, 0.25) is 0 Å². The van der Waals surface area contributed by atoms with E-state index in [1.807, 2.05) is 17.0 Å². The number of amides is 1. The van der Waals surface area contributed by atoms with Crippen molar-refractivity contribution >= 4 is 28.2 Å². The number of hydrogen-bond acceptors (Lipinski definition) is 5. The summed E-state index contributed by atoms with van der Waals surface area (Å²) in [7, 11) is 0. The number of aryl methyl sites for hydroxylation is 1. The summed E-state index contributed by atoms with van der Waals surface area (Å²) < 4.78 is 5.03. The first-order valence-corrected chi connectivity index (χ1v) is 9.81. The lowest BCUT2D eigenvalue weighted by Crippen LogP contribution is -2.36. The van der Waals surface area contributed by atoms with Crippen molar-refractivity contribution in [3.8, 4) is 12.3 Å². The number of hydrogen-bond donors (Lipinski definition) is 1. The monoisotopic (exact) mass is 382 g/mol. The van der Waals surface area contributed by atoms with E-state index in [1.54, 1.807) is 18.4 Å². The summed E-state index contributed by atoms with van der Waals surface area (Å²) in [6.45, 7) is 2.60. The Morgan fingerprint density at radius 1 is 1.37 bits per heavy atom. The average Bonchev–Trinajstić information content (AvgIpc) is 3.28. The summed E-state index contributed by atoms with van der Waals surface area (Å²) in [6.07, 6.45) is 7.48. The quantitative estimate of drug-likeness (QED) is 0.588. The van der Waals surface area contributed by atoms with Gasteiger partial charge in [0.25, 0.3) is 0 Å². The van der Waals surface area contributed by atoms with E-state index < -0.39 is 5.97 Å². The van der Waals surface area contributed by atoms with Crippen molar-refractivity contribution in [3.63, 3.8) is 0 Å². The highest BCUT2D eigenvalue weighted by Crippen LogP contribution is 2.35. The van der Waals surface area contributed by atoms with Crippen molar-refractivity contribution in [1.82, 2.24) is 4.90 Å². The third kappa shape index (κ3) is 4.38. The van der Waals surface area contributed by atoms with Crippen LogP contribution in [0.4, 0.5) is 5.00 Å². The SMILES string of the molecule is C#CCN(CC(=O)Nc1sccc1C(=O)OCC)C1CCc2ccccc21. The van der Waals surface area contributed by atoms with Crippen LogP contribution in [-0.4, -0.2) is 36.5 Å². The average molecular weight is 382 g/mol. The lowest BCUT2D eigenvalue weighted by molar-refractivity contribution is -0.117. The molecule has 0 spiro atoms. The van der Waals surface area contributed by atoms with Gasteiger partial charge in [0.05, 0.1) is 25.3 Å². The fraction of sp³-hybridized carbons (Fsp3) is 0.333. The molecule has 1 aliphatic carbocycles. The topological polar surface area (TPSA) is 58.6 Å². The van der Waals surface area contributed by atoms with Gasteiger partial charge in [0.2, 0.25) is 5.91 Å². The Balaban J connectivity index is 1.70. The largest absolute Gasteiger partial charge is 0.462 e. The molecule has 1 aromatic heterocycles. The number of ether oxygens (including phenoxy) is 1. The number of nitrogens with zero attached hydrogens (tertiary/aromatic N) is 1. The number of carbonyl (C=O) groups is 2. The highest BCUT2D eigenvalue weighted by molar-refractivity contribution is 7.14. The Labute approximate surface area is 163 Å². The third-order valence-electron chi connectivity index (χ3n) is 4.60. The zero-order valence-corrected chi connectivity index (χ0v) is 16.1. The summed E-state index contributed by atoms with van der Waals surface area (Å²) >= 11 is 1.30. The summed E-state index contributed by atoms with van der Waals surface area (Å²) in [6, 6.07) is 10.1. The summed E-state index contributed by atoms with van der Waals surface area (Å²) in [5.74, 6) is 2.04. The van der Waals surface area contributed by atoms with Crippen molar-refractivity contribution in [2.75, 3.05) is 25.0 Å². The minimum Gasteiger partial charge on any atom is -0.462 e. The molecule has 0 saturated heterocycles. The molecule has 0 fully saturated rings. The fourth-order valence-corrected chi connectivity index (χ4v) is 4.23. The number of fused-ring (bicyclic) bond motifs is 1. The molecule has 1 amide bonds. The van der Waals surface area contributed by atoms with E-state index in [9.17, 15) is 9.59 Å². The number of terminal acetylenes is 1. The molecule has 1 unspecified atom stereocenters. The maximum atomic E-state index is 12.6. The zero-order valence-electron chi connectivity index (χ0n) is 15.2. The molecule has 1 heterocycles. The first-order chi connectivity index (χ1) is 13.1. The van der Waals surface area contributed by atoms with E-state index in [0.717, 1.165) is 12.8 Å². The van der Waals surface area contributed by atoms with Gasteiger partial charge in [-0.3, -0.25) is 9.69 Å². The lowest BCUT2D eigenvalue weighted by atomic mass is 10.1. The highest BCUT2D eigenvalue weighted by Gasteiger charge is 2.28. The summed E-state index contributed by atoms with van der Waals surface area (Å²) in [5, 5.41) is 5.10. The molecular formula is C21H22N2O3S. The standard InChI is InChI=1S/C21H22N2O3S/c1-3-12-23(18-10-9-15-7-5-6-8-16(15)18)14-19(24)22-20-17(11-13-27-20)21(25)26-4-2/h1,5-8,11,13,18H,4,9-10,12,14H2,2H3,(H,22,24). The second-order valence-electron chi connectivity index (χ2n) is 6.29. The molecule has 0 saturated carbocycles. The van der Waals surface area contributed by atoms with E-state index in [1.165, 1.54) is 22.5 Å². The Morgan fingerprint density at radius 3 is 2.96 bits per heavy atom. The van der Waals surface area contributed by atoms with E-state index >= 15 is 0 Å². The van der Waals surface area contributed by atoms with Crippen LogP contribution in [0.15, 0.2) is 35.7 Å². The molecule has 5 nitrogen and oxygen atoms in total. The number of benzene rings is 1. The van der Waals surface area contributed by atoms with E-state index in [4.69, 9.17) is 11.2 Å². The third-order valence-corrected chi connectivity index (χ3v) is 5.43. The number of anilines is 1. The van der Waals surface area contributed by atoms with Crippen molar-refractivity contribution in [2.45, 2.75) is 25.8 Å². The normalized spacial score (nSPS) is 15.2. The molecule has 27 heavy (non-hydrogen) atoms. The molecule has 1 atom stereocenters. The molecule has 6 heteroatoms. The van der Waals surface area contributed by atoms with Gasteiger partial charge in [0.15, 0.2) is 0 Å². The second-order valence-corrected chi connectivity index (χ2v) is 7.21. The molecule has 2 aromatic rings. The first-order valence-electron chi connectivity index (χ1n) is 8.93. The minimum absolute atomic E-state index is 0.135. The Kier molecular flexibility index (Phi) is 6.28. The maximum Gasteiger partial charge on any atom is 0.341 e. The number of nitrogens with one attached hydrogen (secondary N) is 1. The van der Waals surface area contributed by atoms with Crippen molar-refractivity contribution in [1.29, 1.82) is 0 Å². The van der Waals surface area contributed by atoms with Crippen LogP contribution < -0.4 is 5.32 Å². The molecule has 0 bridgehead atoms. The van der Waals surface area contributed by atoms with Crippen LogP contribution in [-0.2, 0) is 16.0 Å². The van der Waals surface area contributed by atoms with E-state index in [-0.39, 0.29) is 18.5 Å². The van der Waals surface area contributed by atoms with Gasteiger partial charge >= 0.3 is 5.97 Å². The van der Waals surface area contributed by atoms with E-state index in [0.29, 0.717) is 23.7 Å². The predicted octanol–water partition coefficient (Wildman–Crippen LogP) is 3.49. The molecule has 1 aromatic carbocycles. The maximum absolute atomic E-state index is 12.6. The van der Waals surface area contributed by atoms with Gasteiger partial charge in [0, 0.05) is 6.04 Å². The number of carbonyl (C=O) groups excluding carboxylic acids is 2. The van der Waals surface area contributed by atoms with Crippen LogP contribution in [0, 0.1) is 12.3 Å². The lowest BCUT2D eigenvalue weighted by Gasteiger charge is -2.27. The highest BCUT2D eigenvalue weighted by atomic mass is 32.1. The molecule has 0 radical (unpaired) electrons. The Morgan fingerprint density at radius 2 is 2.19 bits per heavy atom. The van der Waals surface area contributed by atoms with Gasteiger partial charge in [0.1, 0.15) is 5.00 Å². The van der Waals surface area contributed by atoms with Gasteiger partial charge in [-0.1, -0.05) is 30.2 Å². The fourth-order valence-electron chi connectivity index (χ4n) is 3.43. The summed E-state index contributed by atoms with van der Waals surface area (Å²) in [5.41, 5.74) is 2.93. The van der Waals surface area contributed by atoms with Crippen LogP contribution in [0.25, 0.3) is 0 Å². The minimum atomic E-state index is -0.431. The van der Waals surface area contributed by atoms with Crippen LogP contribution >= 0.6 is 11.3 Å². The van der Waals surface area contributed by atoms with Crippen LogP contribution in [0.1, 0.15) is 40.9 Å². The molecular weight excluding hydrogens is 360 g/mol. The van der Waals surface area contributed by atoms with Crippen molar-refractivity contribution in [3.05, 3.63) is 52.4 Å². The number of thiophene rings is 1. The van der Waals surface area contributed by atoms with Crippen LogP contribution in [0.5, 0.6) is 0 Å². The molecule has 140 valence electrons. The smallest absolute Gasteiger partial charge is 0.341 e. The number of esters is 1. The van der Waals surface area contributed by atoms with Gasteiger partial charge in [-0.25, -0.2) is 4.79 Å². The van der Waals surface area contributed by atoms with Crippen molar-refractivity contribution in [2.24, 2.45) is 0 Å². The van der Waals surface area contributed by atoms with Gasteiger partial charge in [-0.15, -0.1) is 17.8 Å². The second kappa shape index (κ2) is 8.85.